The number of ether oxygens (including phenoxy) is 1. The Morgan fingerprint density at radius 2 is 1.88 bits per heavy atom. The summed E-state index contributed by atoms with van der Waals surface area (Å²) in [5.74, 6) is -0.0278. The molecule has 0 aliphatic rings. The summed E-state index contributed by atoms with van der Waals surface area (Å²) in [6.45, 7) is -0.186. The Bertz CT molecular complexity index is 832. The van der Waals surface area contributed by atoms with Gasteiger partial charge in [-0.15, -0.1) is 0 Å². The molecule has 3 rings (SSSR count). The Hall–Kier alpha value is -2.86. The number of aromatic nitrogens is 1. The van der Waals surface area contributed by atoms with E-state index in [1.54, 1.807) is 42.5 Å². The number of amides is 1. The number of hydrogen-bond acceptors (Lipinski definition) is 4. The van der Waals surface area contributed by atoms with Crippen molar-refractivity contribution in [1.29, 1.82) is 0 Å². The van der Waals surface area contributed by atoms with Crippen LogP contribution in [-0.2, 0) is 4.79 Å². The largest absolute Gasteiger partial charge is 0.484 e. The average Bonchev–Trinajstić information content (AvgIpc) is 3.03. The van der Waals surface area contributed by atoms with Crippen LogP contribution in [0.5, 0.6) is 5.75 Å². The number of halogens is 2. The van der Waals surface area contributed by atoms with Gasteiger partial charge >= 0.3 is 0 Å². The van der Waals surface area contributed by atoms with Crippen LogP contribution in [-0.4, -0.2) is 17.7 Å². The van der Waals surface area contributed by atoms with Crippen molar-refractivity contribution >= 4 is 23.4 Å². The van der Waals surface area contributed by atoms with E-state index in [0.29, 0.717) is 22.0 Å². The highest BCUT2D eigenvalue weighted by Crippen LogP contribution is 2.22. The predicted octanol–water partition coefficient (Wildman–Crippen LogP) is 4.15. The maximum atomic E-state index is 12.9. The van der Waals surface area contributed by atoms with Crippen LogP contribution in [0.1, 0.15) is 0 Å². The molecule has 0 saturated heterocycles. The van der Waals surface area contributed by atoms with E-state index >= 15 is 0 Å². The lowest BCUT2D eigenvalue weighted by atomic mass is 10.1. The standard InChI is InChI=1S/C17H12ClFN2O3/c18-12-3-7-14(8-4-12)23-10-16(22)20-17-9-15(21-24-17)11-1-5-13(19)6-2-11/h1-9H,10H2,(H,20,22). The van der Waals surface area contributed by atoms with Gasteiger partial charge < -0.3 is 9.26 Å². The molecule has 0 aliphatic carbocycles. The third kappa shape index (κ3) is 4.11. The topological polar surface area (TPSA) is 64.4 Å². The lowest BCUT2D eigenvalue weighted by Gasteiger charge is -2.05. The first-order chi connectivity index (χ1) is 11.6. The number of carbonyl (C=O) groups excluding carboxylic acids is 1. The van der Waals surface area contributed by atoms with Crippen molar-refractivity contribution < 1.29 is 18.4 Å². The number of nitrogens with one attached hydrogen (secondary N) is 1. The van der Waals surface area contributed by atoms with Gasteiger partial charge in [0.05, 0.1) is 0 Å². The molecule has 1 N–H and O–H groups in total. The Balaban J connectivity index is 1.57. The molecular weight excluding hydrogens is 335 g/mol. The number of carbonyl (C=O) groups is 1. The highest BCUT2D eigenvalue weighted by Gasteiger charge is 2.10. The molecule has 1 heterocycles. The lowest BCUT2D eigenvalue weighted by Crippen LogP contribution is -2.19. The first-order valence-electron chi connectivity index (χ1n) is 7.01. The summed E-state index contributed by atoms with van der Waals surface area (Å²) in [6, 6.07) is 14.0. The molecule has 0 bridgehead atoms. The highest BCUT2D eigenvalue weighted by atomic mass is 35.5. The Labute approximate surface area is 142 Å². The molecule has 0 saturated carbocycles. The lowest BCUT2D eigenvalue weighted by molar-refractivity contribution is -0.118. The number of benzene rings is 2. The third-order valence-corrected chi connectivity index (χ3v) is 3.35. The van der Waals surface area contributed by atoms with Crippen molar-refractivity contribution in [2.45, 2.75) is 0 Å². The predicted molar refractivity (Wildman–Crippen MR) is 87.5 cm³/mol. The van der Waals surface area contributed by atoms with E-state index in [1.807, 2.05) is 0 Å². The van der Waals surface area contributed by atoms with Crippen LogP contribution in [0, 0.1) is 5.82 Å². The maximum absolute atomic E-state index is 12.9. The molecule has 7 heteroatoms. The van der Waals surface area contributed by atoms with Crippen molar-refractivity contribution in [3.05, 3.63) is 65.4 Å². The molecule has 1 aromatic heterocycles. The van der Waals surface area contributed by atoms with Crippen LogP contribution in [0.4, 0.5) is 10.3 Å². The van der Waals surface area contributed by atoms with E-state index in [0.717, 1.165) is 0 Å². The number of nitrogens with zero attached hydrogens (tertiary/aromatic N) is 1. The molecule has 0 atom stereocenters. The first kappa shape index (κ1) is 16.0. The molecule has 5 nitrogen and oxygen atoms in total. The molecule has 0 unspecified atom stereocenters. The van der Waals surface area contributed by atoms with E-state index in [2.05, 4.69) is 10.5 Å². The fraction of sp³-hybridized carbons (Fsp3) is 0.0588. The van der Waals surface area contributed by atoms with E-state index in [1.165, 1.54) is 12.1 Å². The molecule has 0 radical (unpaired) electrons. The van der Waals surface area contributed by atoms with E-state index in [-0.39, 0.29) is 18.3 Å². The van der Waals surface area contributed by atoms with Crippen LogP contribution in [0.25, 0.3) is 11.3 Å². The zero-order chi connectivity index (χ0) is 16.9. The summed E-state index contributed by atoms with van der Waals surface area (Å²) in [4.78, 5) is 11.8. The Kier molecular flexibility index (Phi) is 4.77. The quantitative estimate of drug-likeness (QED) is 0.753. The summed E-state index contributed by atoms with van der Waals surface area (Å²) >= 11 is 5.77. The van der Waals surface area contributed by atoms with E-state index < -0.39 is 5.91 Å². The fourth-order valence-corrected chi connectivity index (χ4v) is 2.07. The smallest absolute Gasteiger partial charge is 0.264 e. The second-order valence-corrected chi connectivity index (χ2v) is 5.31. The van der Waals surface area contributed by atoms with Crippen molar-refractivity contribution in [1.82, 2.24) is 5.16 Å². The number of anilines is 1. The normalized spacial score (nSPS) is 10.4. The average molecular weight is 347 g/mol. The van der Waals surface area contributed by atoms with Gasteiger partial charge in [0.25, 0.3) is 5.91 Å². The number of hydrogen-bond donors (Lipinski definition) is 1. The summed E-state index contributed by atoms with van der Waals surface area (Å²) in [6.07, 6.45) is 0. The van der Waals surface area contributed by atoms with Crippen LogP contribution < -0.4 is 10.1 Å². The number of rotatable bonds is 5. The van der Waals surface area contributed by atoms with E-state index in [4.69, 9.17) is 20.9 Å². The summed E-state index contributed by atoms with van der Waals surface area (Å²) in [5.41, 5.74) is 1.17. The molecule has 0 aliphatic heterocycles. The van der Waals surface area contributed by atoms with Crippen molar-refractivity contribution in [2.24, 2.45) is 0 Å². The van der Waals surface area contributed by atoms with E-state index in [9.17, 15) is 9.18 Å². The Morgan fingerprint density at radius 1 is 1.17 bits per heavy atom. The van der Waals surface area contributed by atoms with Gasteiger partial charge in [-0.25, -0.2) is 4.39 Å². The van der Waals surface area contributed by atoms with Crippen LogP contribution in [0.3, 0.4) is 0 Å². The van der Waals surface area contributed by atoms with Gasteiger partial charge in [-0.3, -0.25) is 10.1 Å². The van der Waals surface area contributed by atoms with Crippen LogP contribution >= 0.6 is 11.6 Å². The van der Waals surface area contributed by atoms with Crippen molar-refractivity contribution in [3.63, 3.8) is 0 Å². The van der Waals surface area contributed by atoms with Crippen LogP contribution in [0.15, 0.2) is 59.1 Å². The monoisotopic (exact) mass is 346 g/mol. The highest BCUT2D eigenvalue weighted by molar-refractivity contribution is 6.30. The summed E-state index contributed by atoms with van der Waals surface area (Å²) in [5, 5.41) is 6.95. The summed E-state index contributed by atoms with van der Waals surface area (Å²) < 4.78 is 23.3. The molecule has 0 fully saturated rings. The van der Waals surface area contributed by atoms with Gasteiger partial charge in [0.2, 0.25) is 5.88 Å². The zero-order valence-electron chi connectivity index (χ0n) is 12.3. The van der Waals surface area contributed by atoms with Crippen molar-refractivity contribution in [3.8, 4) is 17.0 Å². The molecule has 3 aromatic rings. The van der Waals surface area contributed by atoms with Gasteiger partial charge in [-0.2, -0.15) is 0 Å². The van der Waals surface area contributed by atoms with Gasteiger partial charge in [0.15, 0.2) is 6.61 Å². The first-order valence-corrected chi connectivity index (χ1v) is 7.39. The van der Waals surface area contributed by atoms with Gasteiger partial charge in [-0.1, -0.05) is 16.8 Å². The summed E-state index contributed by atoms with van der Waals surface area (Å²) in [7, 11) is 0. The van der Waals surface area contributed by atoms with Crippen LogP contribution in [0.2, 0.25) is 5.02 Å². The second kappa shape index (κ2) is 7.14. The fourth-order valence-electron chi connectivity index (χ4n) is 1.94. The third-order valence-electron chi connectivity index (χ3n) is 3.10. The van der Waals surface area contributed by atoms with Gasteiger partial charge in [0, 0.05) is 16.7 Å². The minimum absolute atomic E-state index is 0.180. The minimum atomic E-state index is -0.397. The van der Waals surface area contributed by atoms with Gasteiger partial charge in [0.1, 0.15) is 17.3 Å². The molecular formula is C17H12ClFN2O3. The molecule has 24 heavy (non-hydrogen) atoms. The molecule has 122 valence electrons. The maximum Gasteiger partial charge on any atom is 0.264 e. The van der Waals surface area contributed by atoms with Crippen molar-refractivity contribution in [2.75, 3.05) is 11.9 Å². The Morgan fingerprint density at radius 3 is 2.58 bits per heavy atom. The second-order valence-electron chi connectivity index (χ2n) is 4.87. The van der Waals surface area contributed by atoms with Gasteiger partial charge in [-0.05, 0) is 48.5 Å². The molecule has 1 amide bonds. The zero-order valence-corrected chi connectivity index (χ0v) is 13.1. The minimum Gasteiger partial charge on any atom is -0.484 e. The SMILES string of the molecule is O=C(COc1ccc(Cl)cc1)Nc1cc(-c2ccc(F)cc2)no1. The molecule has 2 aromatic carbocycles. The molecule has 0 spiro atoms.